The number of rotatable bonds is 7. The number of nitrogens with one attached hydrogen (secondary N) is 2. The fourth-order valence-electron chi connectivity index (χ4n) is 2.23. The van der Waals surface area contributed by atoms with E-state index in [9.17, 15) is 22.8 Å². The molecule has 29 heavy (non-hydrogen) atoms. The molecular weight excluding hydrogens is 398 g/mol. The molecule has 2 rings (SSSR count). The fraction of sp³-hybridized carbons (Fsp3) is 0.211. The quantitative estimate of drug-likeness (QED) is 0.572. The Bertz CT molecular complexity index is 990. The molecule has 0 radical (unpaired) electrons. The molecule has 2 atom stereocenters. The first-order valence-corrected chi connectivity index (χ1v) is 10.1. The van der Waals surface area contributed by atoms with Crippen LogP contribution < -0.4 is 15.8 Å². The number of ether oxygens (including phenoxy) is 1. The summed E-state index contributed by atoms with van der Waals surface area (Å²) >= 11 is 0. The summed E-state index contributed by atoms with van der Waals surface area (Å²) in [6.07, 6.45) is -1.14. The Kier molecular flexibility index (Phi) is 7.08. The average molecular weight is 419 g/mol. The van der Waals surface area contributed by atoms with E-state index in [0.29, 0.717) is 11.3 Å². The first-order valence-electron chi connectivity index (χ1n) is 8.58. The molecule has 0 saturated heterocycles. The van der Waals surface area contributed by atoms with E-state index in [4.69, 9.17) is 9.88 Å². The van der Waals surface area contributed by atoms with Crippen LogP contribution in [-0.2, 0) is 24.3 Å². The van der Waals surface area contributed by atoms with Gasteiger partial charge in [-0.2, -0.15) is 0 Å². The Morgan fingerprint density at radius 2 is 1.55 bits per heavy atom. The third-order valence-electron chi connectivity index (χ3n) is 3.85. The second-order valence-electron chi connectivity index (χ2n) is 6.20. The molecule has 0 saturated carbocycles. The molecule has 0 aliphatic rings. The van der Waals surface area contributed by atoms with Crippen molar-refractivity contribution in [3.63, 3.8) is 0 Å². The average Bonchev–Trinajstić information content (AvgIpc) is 2.68. The minimum absolute atomic E-state index is 0.0991. The van der Waals surface area contributed by atoms with Gasteiger partial charge in [-0.25, -0.2) is 18.4 Å². The summed E-state index contributed by atoms with van der Waals surface area (Å²) in [6, 6.07) is 12.6. The second-order valence-corrected chi connectivity index (χ2v) is 7.76. The van der Waals surface area contributed by atoms with E-state index in [0.717, 1.165) is 0 Å². The lowest BCUT2D eigenvalue weighted by molar-refractivity contribution is -0.154. The van der Waals surface area contributed by atoms with Crippen molar-refractivity contribution in [3.05, 3.63) is 60.2 Å². The van der Waals surface area contributed by atoms with Crippen LogP contribution in [0.2, 0.25) is 0 Å². The predicted octanol–water partition coefficient (Wildman–Crippen LogP) is 1.02. The number of amides is 2. The second kappa shape index (κ2) is 9.30. The summed E-state index contributed by atoms with van der Waals surface area (Å²) in [4.78, 5) is 36.3. The van der Waals surface area contributed by atoms with Crippen LogP contribution in [0.4, 0.5) is 5.69 Å². The van der Waals surface area contributed by atoms with E-state index in [-0.39, 0.29) is 4.90 Å². The lowest BCUT2D eigenvalue weighted by atomic mass is 10.2. The van der Waals surface area contributed by atoms with Gasteiger partial charge in [-0.1, -0.05) is 18.2 Å². The van der Waals surface area contributed by atoms with Crippen LogP contribution >= 0.6 is 0 Å². The molecule has 10 heteroatoms. The van der Waals surface area contributed by atoms with Gasteiger partial charge in [-0.3, -0.25) is 9.59 Å². The summed E-state index contributed by atoms with van der Waals surface area (Å²) in [7, 11) is -3.84. The number of anilines is 1. The maximum absolute atomic E-state index is 12.2. The van der Waals surface area contributed by atoms with Crippen molar-refractivity contribution < 1.29 is 27.5 Å². The highest BCUT2D eigenvalue weighted by Crippen LogP contribution is 2.13. The van der Waals surface area contributed by atoms with Gasteiger partial charge >= 0.3 is 5.97 Å². The monoisotopic (exact) mass is 419 g/mol. The number of benzene rings is 2. The summed E-state index contributed by atoms with van der Waals surface area (Å²) in [6.45, 7) is 2.82. The largest absolute Gasteiger partial charge is 0.451 e. The minimum Gasteiger partial charge on any atom is -0.451 e. The zero-order chi connectivity index (χ0) is 21.6. The minimum atomic E-state index is -3.84. The van der Waals surface area contributed by atoms with Crippen molar-refractivity contribution in [2.24, 2.45) is 5.14 Å². The number of carbonyl (C=O) groups excluding carboxylic acids is 3. The van der Waals surface area contributed by atoms with E-state index in [1.807, 2.05) is 0 Å². The first kappa shape index (κ1) is 22.1. The van der Waals surface area contributed by atoms with Crippen molar-refractivity contribution in [2.45, 2.75) is 30.9 Å². The zero-order valence-electron chi connectivity index (χ0n) is 15.8. The molecule has 0 aromatic heterocycles. The van der Waals surface area contributed by atoms with Gasteiger partial charge in [-0.15, -0.1) is 0 Å². The summed E-state index contributed by atoms with van der Waals surface area (Å²) in [5.41, 5.74) is 0.691. The van der Waals surface area contributed by atoms with Crippen molar-refractivity contribution >= 4 is 33.5 Å². The summed E-state index contributed by atoms with van der Waals surface area (Å²) in [5.74, 6) is -1.84. The molecule has 0 aliphatic heterocycles. The van der Waals surface area contributed by atoms with Crippen LogP contribution in [0.3, 0.4) is 0 Å². The molecule has 9 nitrogen and oxygen atoms in total. The van der Waals surface area contributed by atoms with Gasteiger partial charge in [0.1, 0.15) is 6.04 Å². The molecule has 0 bridgehead atoms. The van der Waals surface area contributed by atoms with E-state index in [2.05, 4.69) is 10.6 Å². The maximum atomic E-state index is 12.2. The number of nitrogens with two attached hydrogens (primary N) is 1. The van der Waals surface area contributed by atoms with Crippen molar-refractivity contribution in [2.75, 3.05) is 5.32 Å². The normalized spacial score (nSPS) is 13.1. The molecule has 2 aromatic rings. The highest BCUT2D eigenvalue weighted by Gasteiger charge is 2.23. The van der Waals surface area contributed by atoms with Crippen LogP contribution in [0.15, 0.2) is 59.5 Å². The van der Waals surface area contributed by atoms with Crippen LogP contribution in [0, 0.1) is 0 Å². The van der Waals surface area contributed by atoms with Gasteiger partial charge in [0.25, 0.3) is 11.8 Å². The van der Waals surface area contributed by atoms with Crippen molar-refractivity contribution in [1.82, 2.24) is 5.32 Å². The number of primary sulfonamides is 1. The summed E-state index contributed by atoms with van der Waals surface area (Å²) < 4.78 is 27.5. The highest BCUT2D eigenvalue weighted by atomic mass is 32.2. The van der Waals surface area contributed by atoms with E-state index in [1.54, 1.807) is 30.3 Å². The number of carbonyl (C=O) groups is 3. The standard InChI is InChI=1S/C19H21N3O6S/c1-12(21-18(24)14-6-4-3-5-7-14)19(25)28-13(2)17(23)22-15-8-10-16(11-9-15)29(20,26)27/h3-13H,1-2H3,(H,21,24)(H,22,23)(H2,20,26,27)/t12-,13?/m0/s1. The van der Waals surface area contributed by atoms with Gasteiger partial charge in [0.05, 0.1) is 4.90 Å². The first-order chi connectivity index (χ1) is 13.6. The Hall–Kier alpha value is -3.24. The van der Waals surface area contributed by atoms with E-state index < -0.39 is 40.0 Å². The topological polar surface area (TPSA) is 145 Å². The van der Waals surface area contributed by atoms with E-state index in [1.165, 1.54) is 38.1 Å². The smallest absolute Gasteiger partial charge is 0.329 e. The maximum Gasteiger partial charge on any atom is 0.329 e. The lowest BCUT2D eigenvalue weighted by Crippen LogP contribution is -2.42. The molecule has 0 heterocycles. The molecular formula is C19H21N3O6S. The Labute approximate surface area is 168 Å². The Balaban J connectivity index is 1.89. The van der Waals surface area contributed by atoms with E-state index >= 15 is 0 Å². The number of hydrogen-bond acceptors (Lipinski definition) is 6. The summed E-state index contributed by atoms with van der Waals surface area (Å²) in [5, 5.41) is 10.00. The Morgan fingerprint density at radius 3 is 2.10 bits per heavy atom. The molecule has 0 fully saturated rings. The number of hydrogen-bond donors (Lipinski definition) is 3. The molecule has 0 spiro atoms. The van der Waals surface area contributed by atoms with Gasteiger partial charge < -0.3 is 15.4 Å². The van der Waals surface area contributed by atoms with Gasteiger partial charge in [-0.05, 0) is 50.2 Å². The zero-order valence-corrected chi connectivity index (χ0v) is 16.6. The van der Waals surface area contributed by atoms with Crippen molar-refractivity contribution in [3.8, 4) is 0 Å². The number of sulfonamides is 1. The molecule has 4 N–H and O–H groups in total. The van der Waals surface area contributed by atoms with Gasteiger partial charge in [0.15, 0.2) is 6.10 Å². The fourth-order valence-corrected chi connectivity index (χ4v) is 2.75. The van der Waals surface area contributed by atoms with Crippen LogP contribution in [0.1, 0.15) is 24.2 Å². The lowest BCUT2D eigenvalue weighted by Gasteiger charge is -2.17. The third kappa shape index (κ3) is 6.40. The predicted molar refractivity (Wildman–Crippen MR) is 105 cm³/mol. The van der Waals surface area contributed by atoms with Crippen LogP contribution in [0.25, 0.3) is 0 Å². The van der Waals surface area contributed by atoms with Gasteiger partial charge in [0, 0.05) is 11.3 Å². The molecule has 1 unspecified atom stereocenters. The number of esters is 1. The molecule has 0 aliphatic carbocycles. The Morgan fingerprint density at radius 1 is 0.966 bits per heavy atom. The van der Waals surface area contributed by atoms with Crippen LogP contribution in [0.5, 0.6) is 0 Å². The molecule has 154 valence electrons. The van der Waals surface area contributed by atoms with Crippen LogP contribution in [-0.4, -0.2) is 38.3 Å². The third-order valence-corrected chi connectivity index (χ3v) is 4.78. The molecule has 2 amide bonds. The van der Waals surface area contributed by atoms with Crippen molar-refractivity contribution in [1.29, 1.82) is 0 Å². The SMILES string of the molecule is CC(OC(=O)[C@H](C)NC(=O)c1ccccc1)C(=O)Nc1ccc(S(N)(=O)=O)cc1. The highest BCUT2D eigenvalue weighted by molar-refractivity contribution is 7.89. The molecule has 2 aromatic carbocycles. The van der Waals surface area contributed by atoms with Gasteiger partial charge in [0.2, 0.25) is 10.0 Å².